The number of unbranched alkanes of at least 4 members (excludes halogenated alkanes) is 1. The molecule has 1 aliphatic heterocycles. The number of aromatic nitrogens is 1. The van der Waals surface area contributed by atoms with Gasteiger partial charge < -0.3 is 19.5 Å². The molecule has 180 valence electrons. The summed E-state index contributed by atoms with van der Waals surface area (Å²) in [5.41, 5.74) is -0.130. The standard InChI is InChI=1S/C23H38N4O5/c1-6-8-14-30-27-13-9-10-19(26(7-2)21(27)29)18-15-17(32-25-18)16-23(11-12-23)24-20(28)31-22(3,4)5/h15,19H,6-14,16H2,1-5H3,(H,24,28)/t19-/m0/s1. The van der Waals surface area contributed by atoms with E-state index in [0.717, 1.165) is 44.2 Å². The molecule has 0 aromatic carbocycles. The highest BCUT2D eigenvalue weighted by Crippen LogP contribution is 2.40. The molecule has 0 bridgehead atoms. The predicted octanol–water partition coefficient (Wildman–Crippen LogP) is 4.58. The Morgan fingerprint density at radius 1 is 1.34 bits per heavy atom. The van der Waals surface area contributed by atoms with Gasteiger partial charge in [-0.05, 0) is 59.8 Å². The molecular weight excluding hydrogens is 412 g/mol. The van der Waals surface area contributed by atoms with Crippen molar-refractivity contribution >= 4 is 12.1 Å². The minimum atomic E-state index is -0.538. The van der Waals surface area contributed by atoms with E-state index in [2.05, 4.69) is 17.4 Å². The summed E-state index contributed by atoms with van der Waals surface area (Å²) in [5, 5.41) is 8.77. The van der Waals surface area contributed by atoms with Gasteiger partial charge in [-0.3, -0.25) is 4.84 Å². The molecule has 1 aromatic rings. The normalized spacial score (nSPS) is 20.8. The van der Waals surface area contributed by atoms with E-state index in [4.69, 9.17) is 14.1 Å². The summed E-state index contributed by atoms with van der Waals surface area (Å²) < 4.78 is 11.0. The molecule has 2 aliphatic rings. The van der Waals surface area contributed by atoms with Gasteiger partial charge in [-0.1, -0.05) is 18.5 Å². The highest BCUT2D eigenvalue weighted by atomic mass is 16.7. The van der Waals surface area contributed by atoms with Crippen LogP contribution in [0.2, 0.25) is 0 Å². The molecule has 1 atom stereocenters. The van der Waals surface area contributed by atoms with Gasteiger partial charge in [0.1, 0.15) is 17.1 Å². The Hall–Kier alpha value is -2.29. The Bertz CT molecular complexity index is 784. The van der Waals surface area contributed by atoms with Crippen LogP contribution in [-0.2, 0) is 16.0 Å². The average molecular weight is 451 g/mol. The SMILES string of the molecule is CCCCON1CCC[C@@H](c2cc(CC3(NC(=O)OC(C)(C)C)CC3)on2)N(CC)C1=O. The maximum Gasteiger partial charge on any atom is 0.408 e. The molecule has 3 amide bonds. The van der Waals surface area contributed by atoms with Gasteiger partial charge in [-0.2, -0.15) is 0 Å². The van der Waals surface area contributed by atoms with Crippen LogP contribution in [0.3, 0.4) is 0 Å². The molecule has 1 aliphatic carbocycles. The minimum absolute atomic E-state index is 0.124. The quantitative estimate of drug-likeness (QED) is 0.553. The smallest absolute Gasteiger partial charge is 0.408 e. The van der Waals surface area contributed by atoms with E-state index in [-0.39, 0.29) is 17.6 Å². The van der Waals surface area contributed by atoms with Gasteiger partial charge in [0, 0.05) is 19.0 Å². The van der Waals surface area contributed by atoms with Crippen LogP contribution in [0, 0.1) is 0 Å². The zero-order valence-corrected chi connectivity index (χ0v) is 20.1. The van der Waals surface area contributed by atoms with Crippen LogP contribution in [0.4, 0.5) is 9.59 Å². The first kappa shape index (κ1) is 24.4. The molecule has 1 saturated heterocycles. The predicted molar refractivity (Wildman–Crippen MR) is 119 cm³/mol. The van der Waals surface area contributed by atoms with Gasteiger partial charge in [-0.25, -0.2) is 14.7 Å². The van der Waals surface area contributed by atoms with E-state index >= 15 is 0 Å². The Balaban J connectivity index is 1.64. The van der Waals surface area contributed by atoms with E-state index in [1.54, 1.807) is 4.90 Å². The first-order valence-corrected chi connectivity index (χ1v) is 11.8. The summed E-state index contributed by atoms with van der Waals surface area (Å²) in [4.78, 5) is 32.8. The zero-order chi connectivity index (χ0) is 23.4. The van der Waals surface area contributed by atoms with Gasteiger partial charge in [-0.15, -0.1) is 0 Å². The number of hydrogen-bond acceptors (Lipinski definition) is 6. The number of nitrogens with zero attached hydrogens (tertiary/aromatic N) is 3. The molecule has 1 saturated carbocycles. The molecule has 0 radical (unpaired) electrons. The molecule has 9 heteroatoms. The molecule has 1 N–H and O–H groups in total. The van der Waals surface area contributed by atoms with Crippen LogP contribution in [0.1, 0.15) is 90.6 Å². The highest BCUT2D eigenvalue weighted by Gasteiger charge is 2.46. The van der Waals surface area contributed by atoms with Crippen molar-refractivity contribution in [2.45, 2.75) is 96.7 Å². The molecule has 0 unspecified atom stereocenters. The van der Waals surface area contributed by atoms with Gasteiger partial charge in [0.25, 0.3) is 0 Å². The first-order chi connectivity index (χ1) is 15.2. The molecular formula is C23H38N4O5. The first-order valence-electron chi connectivity index (χ1n) is 11.8. The molecule has 1 aromatic heterocycles. The minimum Gasteiger partial charge on any atom is -0.444 e. The summed E-state index contributed by atoms with van der Waals surface area (Å²) in [7, 11) is 0. The van der Waals surface area contributed by atoms with Crippen molar-refractivity contribution in [3.63, 3.8) is 0 Å². The van der Waals surface area contributed by atoms with E-state index in [1.165, 1.54) is 5.06 Å². The summed E-state index contributed by atoms with van der Waals surface area (Å²) in [5.74, 6) is 0.706. The molecule has 2 heterocycles. The van der Waals surface area contributed by atoms with Gasteiger partial charge in [0.05, 0.1) is 24.7 Å². The van der Waals surface area contributed by atoms with Crippen LogP contribution < -0.4 is 5.32 Å². The van der Waals surface area contributed by atoms with Gasteiger partial charge >= 0.3 is 12.1 Å². The maximum atomic E-state index is 13.0. The number of alkyl carbamates (subject to hydrolysis) is 1. The summed E-state index contributed by atoms with van der Waals surface area (Å²) in [6.07, 6.45) is 5.44. The Morgan fingerprint density at radius 2 is 2.09 bits per heavy atom. The number of carbonyl (C=O) groups excluding carboxylic acids is 2. The molecule has 32 heavy (non-hydrogen) atoms. The largest absolute Gasteiger partial charge is 0.444 e. The van der Waals surface area contributed by atoms with Crippen molar-refractivity contribution in [2.24, 2.45) is 0 Å². The number of amides is 3. The van der Waals surface area contributed by atoms with E-state index in [9.17, 15) is 9.59 Å². The number of hydrogen-bond donors (Lipinski definition) is 1. The maximum absolute atomic E-state index is 13.0. The van der Waals surface area contributed by atoms with E-state index < -0.39 is 11.7 Å². The second-order valence-corrected chi connectivity index (χ2v) is 9.82. The Morgan fingerprint density at radius 3 is 2.72 bits per heavy atom. The van der Waals surface area contributed by atoms with Crippen LogP contribution >= 0.6 is 0 Å². The monoisotopic (exact) mass is 450 g/mol. The van der Waals surface area contributed by atoms with E-state index in [0.29, 0.717) is 31.9 Å². The van der Waals surface area contributed by atoms with Crippen LogP contribution in [0.15, 0.2) is 10.6 Å². The highest BCUT2D eigenvalue weighted by molar-refractivity contribution is 5.74. The van der Waals surface area contributed by atoms with Crippen molar-refractivity contribution in [1.29, 1.82) is 0 Å². The number of hydroxylamine groups is 2. The van der Waals surface area contributed by atoms with Crippen LogP contribution in [0.25, 0.3) is 0 Å². The third kappa shape index (κ3) is 6.37. The molecule has 0 spiro atoms. The van der Waals surface area contributed by atoms with Gasteiger partial charge in [0.2, 0.25) is 0 Å². The van der Waals surface area contributed by atoms with Crippen molar-refractivity contribution in [2.75, 3.05) is 19.7 Å². The fourth-order valence-electron chi connectivity index (χ4n) is 3.98. The third-order valence-corrected chi connectivity index (χ3v) is 5.81. The lowest BCUT2D eigenvalue weighted by Gasteiger charge is -2.30. The Labute approximate surface area is 190 Å². The van der Waals surface area contributed by atoms with Crippen molar-refractivity contribution < 1.29 is 23.7 Å². The molecule has 3 rings (SSSR count). The lowest BCUT2D eigenvalue weighted by molar-refractivity contribution is -0.123. The van der Waals surface area contributed by atoms with Crippen molar-refractivity contribution in [1.82, 2.24) is 20.4 Å². The van der Waals surface area contributed by atoms with Crippen LogP contribution in [-0.4, -0.2) is 58.1 Å². The van der Waals surface area contributed by atoms with E-state index in [1.807, 2.05) is 33.8 Å². The number of rotatable bonds is 9. The fourth-order valence-corrected chi connectivity index (χ4v) is 3.98. The zero-order valence-electron chi connectivity index (χ0n) is 20.1. The molecule has 9 nitrogen and oxygen atoms in total. The van der Waals surface area contributed by atoms with Crippen molar-refractivity contribution in [3.8, 4) is 0 Å². The van der Waals surface area contributed by atoms with Crippen molar-refractivity contribution in [3.05, 3.63) is 17.5 Å². The fraction of sp³-hybridized carbons (Fsp3) is 0.783. The number of carbonyl (C=O) groups is 2. The van der Waals surface area contributed by atoms with Gasteiger partial charge in [0.15, 0.2) is 0 Å². The lowest BCUT2D eigenvalue weighted by atomic mass is 10.0. The second kappa shape index (κ2) is 10.1. The number of nitrogens with one attached hydrogen (secondary N) is 1. The Kier molecular flexibility index (Phi) is 7.69. The summed E-state index contributed by atoms with van der Waals surface area (Å²) >= 11 is 0. The summed E-state index contributed by atoms with van der Waals surface area (Å²) in [6.45, 7) is 11.3. The third-order valence-electron chi connectivity index (χ3n) is 5.81. The topological polar surface area (TPSA) is 97.1 Å². The number of ether oxygens (including phenoxy) is 1. The number of urea groups is 1. The molecule has 2 fully saturated rings. The average Bonchev–Trinajstić information content (AvgIpc) is 3.33. The van der Waals surface area contributed by atoms with Crippen LogP contribution in [0.5, 0.6) is 0 Å². The summed E-state index contributed by atoms with van der Waals surface area (Å²) in [6, 6.07) is 1.64. The lowest BCUT2D eigenvalue weighted by Crippen LogP contribution is -2.43. The second-order valence-electron chi connectivity index (χ2n) is 9.82.